The van der Waals surface area contributed by atoms with Gasteiger partial charge in [0.05, 0.1) is 6.61 Å². The first-order valence-corrected chi connectivity index (χ1v) is 4.27. The molecule has 0 spiro atoms. The van der Waals surface area contributed by atoms with Crippen molar-refractivity contribution < 1.29 is 35.1 Å². The van der Waals surface area contributed by atoms with Crippen molar-refractivity contribution >= 4 is 6.09 Å². The van der Waals surface area contributed by atoms with Gasteiger partial charge in [0.1, 0.15) is 24.4 Å². The topological polar surface area (TPSA) is 139 Å². The third-order valence-corrected chi connectivity index (χ3v) is 2.19. The maximum Gasteiger partial charge on any atom is 0.405 e. The molecular weight excluding hydrogens is 210 g/mol. The Labute approximate surface area is 84.7 Å². The van der Waals surface area contributed by atoms with Crippen LogP contribution in [-0.4, -0.2) is 68.9 Å². The molecule has 0 saturated carbocycles. The highest BCUT2D eigenvalue weighted by atomic mass is 16.6. The van der Waals surface area contributed by atoms with Crippen LogP contribution in [0.1, 0.15) is 0 Å². The quantitative estimate of drug-likeness (QED) is 0.294. The average molecular weight is 223 g/mol. The second-order valence-electron chi connectivity index (χ2n) is 3.20. The van der Waals surface area contributed by atoms with Gasteiger partial charge in [-0.25, -0.2) is 4.79 Å². The Hall–Kier alpha value is -0.930. The molecule has 0 aromatic rings. The summed E-state index contributed by atoms with van der Waals surface area (Å²) in [6, 6.07) is -1.35. The first kappa shape index (κ1) is 12.1. The number of carbonyl (C=O) groups is 1. The Morgan fingerprint density at radius 3 is 2.33 bits per heavy atom. The molecule has 1 unspecified atom stereocenters. The lowest BCUT2D eigenvalue weighted by atomic mass is 9.97. The van der Waals surface area contributed by atoms with Gasteiger partial charge in [-0.2, -0.15) is 0 Å². The molecule has 1 rings (SSSR count). The smallest absolute Gasteiger partial charge is 0.405 e. The van der Waals surface area contributed by atoms with Crippen molar-refractivity contribution in [2.75, 3.05) is 6.61 Å². The van der Waals surface area contributed by atoms with Crippen molar-refractivity contribution in [1.82, 2.24) is 5.32 Å². The number of carboxylic acid groups (broad SMARTS) is 1. The van der Waals surface area contributed by atoms with E-state index in [1.807, 2.05) is 0 Å². The molecule has 8 heteroatoms. The first-order chi connectivity index (χ1) is 6.97. The van der Waals surface area contributed by atoms with Crippen LogP contribution < -0.4 is 5.32 Å². The minimum atomic E-state index is -1.61. The van der Waals surface area contributed by atoms with Gasteiger partial charge in [0, 0.05) is 0 Å². The fraction of sp³-hybridized carbons (Fsp3) is 0.857. The highest BCUT2D eigenvalue weighted by Crippen LogP contribution is 2.19. The maximum atomic E-state index is 10.3. The molecule has 1 aliphatic rings. The zero-order valence-electron chi connectivity index (χ0n) is 7.65. The molecule has 15 heavy (non-hydrogen) atoms. The average Bonchev–Trinajstić information content (AvgIpc) is 2.18. The first-order valence-electron chi connectivity index (χ1n) is 4.27. The largest absolute Gasteiger partial charge is 0.465 e. The third-order valence-electron chi connectivity index (χ3n) is 2.19. The summed E-state index contributed by atoms with van der Waals surface area (Å²) >= 11 is 0. The molecule has 1 amide bonds. The standard InChI is InChI=1S/C7H13NO7/c9-1-2-4(10)5(11)3(6(12)15-2)8-7(13)14/h2-6,8-12H,1H2,(H,13,14)/t2-,3-,4-,5-,6?/m1/s1. The predicted octanol–water partition coefficient (Wildman–Crippen LogP) is -2.95. The van der Waals surface area contributed by atoms with E-state index in [1.54, 1.807) is 5.32 Å². The van der Waals surface area contributed by atoms with Gasteiger partial charge in [-0.1, -0.05) is 0 Å². The van der Waals surface area contributed by atoms with Gasteiger partial charge in [0.2, 0.25) is 0 Å². The van der Waals surface area contributed by atoms with Gasteiger partial charge < -0.3 is 35.6 Å². The lowest BCUT2D eigenvalue weighted by molar-refractivity contribution is -0.252. The molecule has 0 aliphatic carbocycles. The van der Waals surface area contributed by atoms with Crippen LogP contribution in [-0.2, 0) is 4.74 Å². The Kier molecular flexibility index (Phi) is 3.83. The van der Waals surface area contributed by atoms with E-state index in [4.69, 9.17) is 14.9 Å². The Morgan fingerprint density at radius 2 is 1.87 bits per heavy atom. The summed E-state index contributed by atoms with van der Waals surface area (Å²) in [6.07, 6.45) is -7.22. The summed E-state index contributed by atoms with van der Waals surface area (Å²) in [5.74, 6) is 0. The number of nitrogens with one attached hydrogen (secondary N) is 1. The van der Waals surface area contributed by atoms with Crippen LogP contribution in [0, 0.1) is 0 Å². The molecule has 1 heterocycles. The van der Waals surface area contributed by atoms with Crippen LogP contribution in [0.5, 0.6) is 0 Å². The van der Waals surface area contributed by atoms with Gasteiger partial charge in [0.15, 0.2) is 6.29 Å². The third kappa shape index (κ3) is 2.55. The van der Waals surface area contributed by atoms with Gasteiger partial charge in [-0.15, -0.1) is 0 Å². The normalized spacial score (nSPS) is 41.2. The molecule has 0 aromatic carbocycles. The number of aliphatic hydroxyl groups is 4. The van der Waals surface area contributed by atoms with Crippen molar-refractivity contribution in [3.8, 4) is 0 Å². The molecule has 5 atom stereocenters. The zero-order chi connectivity index (χ0) is 11.6. The number of hydrogen-bond acceptors (Lipinski definition) is 6. The van der Waals surface area contributed by atoms with Crippen LogP contribution >= 0.6 is 0 Å². The number of hydrogen-bond donors (Lipinski definition) is 6. The van der Waals surface area contributed by atoms with E-state index in [0.717, 1.165) is 0 Å². The van der Waals surface area contributed by atoms with Gasteiger partial charge in [0.25, 0.3) is 0 Å². The second kappa shape index (κ2) is 4.73. The predicted molar refractivity (Wildman–Crippen MR) is 44.9 cm³/mol. The number of amides is 1. The Bertz CT molecular complexity index is 235. The van der Waals surface area contributed by atoms with Crippen LogP contribution in [0.2, 0.25) is 0 Å². The van der Waals surface area contributed by atoms with Crippen LogP contribution in [0.25, 0.3) is 0 Å². The van der Waals surface area contributed by atoms with E-state index in [0.29, 0.717) is 0 Å². The monoisotopic (exact) mass is 223 g/mol. The number of ether oxygens (including phenoxy) is 1. The lowest BCUT2D eigenvalue weighted by Crippen LogP contribution is -2.64. The summed E-state index contributed by atoms with van der Waals surface area (Å²) in [6.45, 7) is -0.588. The minimum Gasteiger partial charge on any atom is -0.465 e. The summed E-state index contributed by atoms with van der Waals surface area (Å²) in [7, 11) is 0. The van der Waals surface area contributed by atoms with Crippen molar-refractivity contribution in [2.24, 2.45) is 0 Å². The van der Waals surface area contributed by atoms with Crippen LogP contribution in [0.3, 0.4) is 0 Å². The van der Waals surface area contributed by atoms with E-state index in [1.165, 1.54) is 0 Å². The highest BCUT2D eigenvalue weighted by Gasteiger charge is 2.44. The van der Waals surface area contributed by atoms with E-state index in [9.17, 15) is 20.1 Å². The maximum absolute atomic E-state index is 10.3. The minimum absolute atomic E-state index is 0.588. The molecule has 6 N–H and O–H groups in total. The molecule has 0 bridgehead atoms. The fourth-order valence-corrected chi connectivity index (χ4v) is 1.40. The Morgan fingerprint density at radius 1 is 1.27 bits per heavy atom. The summed E-state index contributed by atoms with van der Waals surface area (Å²) in [5, 5.41) is 47.0. The van der Waals surface area contributed by atoms with Crippen LogP contribution in [0.4, 0.5) is 4.79 Å². The molecule has 1 aliphatic heterocycles. The van der Waals surface area contributed by atoms with Crippen LogP contribution in [0.15, 0.2) is 0 Å². The molecule has 88 valence electrons. The van der Waals surface area contributed by atoms with Crippen molar-refractivity contribution in [1.29, 1.82) is 0 Å². The number of aliphatic hydroxyl groups excluding tert-OH is 4. The van der Waals surface area contributed by atoms with Gasteiger partial charge in [-0.05, 0) is 0 Å². The molecule has 1 fully saturated rings. The summed E-state index contributed by atoms with van der Waals surface area (Å²) < 4.78 is 4.70. The number of rotatable bonds is 2. The molecule has 0 aromatic heterocycles. The summed E-state index contributed by atoms with van der Waals surface area (Å²) in [4.78, 5) is 10.3. The lowest BCUT2D eigenvalue weighted by Gasteiger charge is -2.39. The van der Waals surface area contributed by atoms with E-state index in [2.05, 4.69) is 0 Å². The van der Waals surface area contributed by atoms with E-state index < -0.39 is 43.3 Å². The molecular formula is C7H13NO7. The van der Waals surface area contributed by atoms with E-state index >= 15 is 0 Å². The van der Waals surface area contributed by atoms with E-state index in [-0.39, 0.29) is 0 Å². The molecule has 0 radical (unpaired) electrons. The SMILES string of the molecule is O=C(O)N[C@H]1C(O)O[C@H](CO)[C@@H](O)[C@@H]1O. The highest BCUT2D eigenvalue weighted by molar-refractivity contribution is 5.65. The summed E-state index contributed by atoms with van der Waals surface area (Å²) in [5.41, 5.74) is 0. The van der Waals surface area contributed by atoms with Gasteiger partial charge >= 0.3 is 6.09 Å². The molecule has 1 saturated heterocycles. The van der Waals surface area contributed by atoms with Crippen molar-refractivity contribution in [3.05, 3.63) is 0 Å². The zero-order valence-corrected chi connectivity index (χ0v) is 7.65. The molecule has 8 nitrogen and oxygen atoms in total. The fourth-order valence-electron chi connectivity index (χ4n) is 1.40. The Balaban J connectivity index is 2.70. The van der Waals surface area contributed by atoms with Crippen molar-refractivity contribution in [2.45, 2.75) is 30.6 Å². The second-order valence-corrected chi connectivity index (χ2v) is 3.20. The van der Waals surface area contributed by atoms with Gasteiger partial charge in [-0.3, -0.25) is 0 Å². The van der Waals surface area contributed by atoms with Crippen molar-refractivity contribution in [3.63, 3.8) is 0 Å².